The highest BCUT2D eigenvalue weighted by Gasteiger charge is 2.47. The number of aromatic nitrogens is 3. The van der Waals surface area contributed by atoms with Crippen molar-refractivity contribution in [1.82, 2.24) is 25.4 Å². The van der Waals surface area contributed by atoms with Crippen LogP contribution in [0.4, 0.5) is 14.6 Å². The molecule has 0 radical (unpaired) electrons. The molecule has 178 valence electrons. The summed E-state index contributed by atoms with van der Waals surface area (Å²) in [4.78, 5) is 30.6. The van der Waals surface area contributed by atoms with Crippen molar-refractivity contribution in [3.8, 4) is 0 Å². The zero-order valence-electron chi connectivity index (χ0n) is 18.8. The summed E-state index contributed by atoms with van der Waals surface area (Å²) in [5.74, 6) is -4.06. The van der Waals surface area contributed by atoms with E-state index in [0.29, 0.717) is 69.6 Å². The molecule has 2 N–H and O–H groups in total. The average molecular weight is 461 g/mol. The van der Waals surface area contributed by atoms with Gasteiger partial charge in [0.15, 0.2) is 5.65 Å². The molecule has 3 aliphatic heterocycles. The summed E-state index contributed by atoms with van der Waals surface area (Å²) < 4.78 is 31.8. The van der Waals surface area contributed by atoms with Crippen molar-refractivity contribution < 1.29 is 18.4 Å². The smallest absolute Gasteiger partial charge is 0.253 e. The molecule has 8 nitrogen and oxygen atoms in total. The summed E-state index contributed by atoms with van der Waals surface area (Å²) in [5, 5.41) is 10.9. The van der Waals surface area contributed by atoms with E-state index in [1.165, 1.54) is 0 Å². The van der Waals surface area contributed by atoms with Crippen LogP contribution in [-0.2, 0) is 16.6 Å². The Kier molecular flexibility index (Phi) is 5.80. The predicted octanol–water partition coefficient (Wildman–Crippen LogP) is 2.34. The number of pyridine rings is 1. The molecular weight excluding hydrogens is 430 g/mol. The second-order valence-corrected chi connectivity index (χ2v) is 9.51. The molecule has 0 aromatic carbocycles. The minimum Gasteiger partial charge on any atom is -0.357 e. The molecule has 1 unspecified atom stereocenters. The number of hydrogen-bond acceptors (Lipinski definition) is 6. The first kappa shape index (κ1) is 22.2. The average Bonchev–Trinajstić information content (AvgIpc) is 3.15. The fraction of sp³-hybridized carbons (Fsp3) is 0.652. The number of imide groups is 1. The molecule has 0 bridgehead atoms. The van der Waals surface area contributed by atoms with Gasteiger partial charge in [0.2, 0.25) is 11.8 Å². The van der Waals surface area contributed by atoms with Gasteiger partial charge in [0.1, 0.15) is 5.82 Å². The van der Waals surface area contributed by atoms with Crippen LogP contribution < -0.4 is 15.5 Å². The Bertz CT molecular complexity index is 1060. The third-order valence-electron chi connectivity index (χ3n) is 7.52. The number of aryl methyl sites for hydroxylation is 1. The summed E-state index contributed by atoms with van der Waals surface area (Å²) in [5.41, 5.74) is 1.27. The molecule has 0 saturated carbocycles. The molecule has 2 aromatic heterocycles. The number of rotatable bonds is 4. The normalized spacial score (nSPS) is 23.8. The van der Waals surface area contributed by atoms with Gasteiger partial charge in [0, 0.05) is 43.8 Å². The number of halogens is 2. The number of nitrogens with zero attached hydrogens (tertiary/aromatic N) is 4. The minimum absolute atomic E-state index is 0.258. The Labute approximate surface area is 191 Å². The van der Waals surface area contributed by atoms with E-state index in [0.717, 1.165) is 11.2 Å². The number of hydrogen-bond donors (Lipinski definition) is 2. The summed E-state index contributed by atoms with van der Waals surface area (Å²) in [7, 11) is 1.78. The van der Waals surface area contributed by atoms with Crippen LogP contribution in [0.2, 0.25) is 0 Å². The van der Waals surface area contributed by atoms with E-state index >= 15 is 8.78 Å². The van der Waals surface area contributed by atoms with Crippen molar-refractivity contribution in [3.05, 3.63) is 17.8 Å². The monoisotopic (exact) mass is 460 g/mol. The van der Waals surface area contributed by atoms with E-state index in [2.05, 4.69) is 20.6 Å². The van der Waals surface area contributed by atoms with E-state index in [-0.39, 0.29) is 18.2 Å². The summed E-state index contributed by atoms with van der Waals surface area (Å²) >= 11 is 0. The Morgan fingerprint density at radius 2 is 1.73 bits per heavy atom. The van der Waals surface area contributed by atoms with Gasteiger partial charge in [0.25, 0.3) is 5.92 Å². The third-order valence-corrected chi connectivity index (χ3v) is 7.52. The highest BCUT2D eigenvalue weighted by molar-refractivity contribution is 6.02. The molecule has 5 rings (SSSR count). The number of fused-ring (bicyclic) bond motifs is 1. The van der Waals surface area contributed by atoms with Gasteiger partial charge >= 0.3 is 0 Å². The van der Waals surface area contributed by atoms with Crippen LogP contribution in [0.3, 0.4) is 0 Å². The van der Waals surface area contributed by atoms with Crippen molar-refractivity contribution in [2.45, 2.75) is 50.4 Å². The number of anilines is 1. The summed E-state index contributed by atoms with van der Waals surface area (Å²) in [6.45, 7) is 2.44. The fourth-order valence-electron chi connectivity index (χ4n) is 5.57. The summed E-state index contributed by atoms with van der Waals surface area (Å²) in [6, 6.07) is 3.78. The van der Waals surface area contributed by atoms with E-state index in [1.807, 2.05) is 12.1 Å². The van der Waals surface area contributed by atoms with Crippen LogP contribution >= 0.6 is 0 Å². The lowest BCUT2D eigenvalue weighted by Gasteiger charge is -2.40. The van der Waals surface area contributed by atoms with Crippen LogP contribution in [0.25, 0.3) is 11.0 Å². The van der Waals surface area contributed by atoms with Crippen molar-refractivity contribution >= 4 is 28.7 Å². The highest BCUT2D eigenvalue weighted by Crippen LogP contribution is 2.43. The van der Waals surface area contributed by atoms with Gasteiger partial charge in [-0.2, -0.15) is 5.10 Å². The number of piperidine rings is 3. The first-order chi connectivity index (χ1) is 15.8. The van der Waals surface area contributed by atoms with Crippen molar-refractivity contribution in [2.75, 3.05) is 31.1 Å². The summed E-state index contributed by atoms with van der Waals surface area (Å²) in [6.07, 6.45) is 2.70. The maximum Gasteiger partial charge on any atom is 0.253 e. The zero-order valence-corrected chi connectivity index (χ0v) is 18.8. The molecular formula is C23H30F2N6O2. The van der Waals surface area contributed by atoms with Gasteiger partial charge in [-0.3, -0.25) is 19.6 Å². The number of nitrogens with one attached hydrogen (secondary N) is 2. The van der Waals surface area contributed by atoms with Crippen molar-refractivity contribution in [2.24, 2.45) is 18.9 Å². The second kappa shape index (κ2) is 8.62. The van der Waals surface area contributed by atoms with Gasteiger partial charge in [-0.05, 0) is 57.3 Å². The second-order valence-electron chi connectivity index (χ2n) is 9.51. The van der Waals surface area contributed by atoms with Crippen LogP contribution in [0.15, 0.2) is 12.1 Å². The predicted molar refractivity (Wildman–Crippen MR) is 119 cm³/mol. The molecule has 3 fully saturated rings. The first-order valence-electron chi connectivity index (χ1n) is 11.9. The Morgan fingerprint density at radius 1 is 1.03 bits per heavy atom. The SMILES string of the molecule is Cn1nc(C2CCC(=O)NC2=O)c2ccc(N3CCC(C(F)(F)C4CCNCC4)CC3)nc21. The molecule has 2 aromatic rings. The molecule has 3 saturated heterocycles. The molecule has 2 amide bonds. The standard InChI is InChI=1S/C23H30F2N6O2/c1-30-21-16(20(29-30)17-3-5-19(32)28-22(17)33)2-4-18(27-21)31-12-8-15(9-13-31)23(24,25)14-6-10-26-11-7-14/h2,4,14-15,17,26H,3,5-13H2,1H3,(H,28,32,33). The Balaban J connectivity index is 1.31. The Hall–Kier alpha value is -2.62. The van der Waals surface area contributed by atoms with Crippen LogP contribution in [0.5, 0.6) is 0 Å². The molecule has 1 atom stereocenters. The lowest BCUT2D eigenvalue weighted by molar-refractivity contribution is -0.134. The molecule has 33 heavy (non-hydrogen) atoms. The van der Waals surface area contributed by atoms with Crippen molar-refractivity contribution in [3.63, 3.8) is 0 Å². The maximum absolute atomic E-state index is 15.1. The molecule has 3 aliphatic rings. The molecule has 10 heteroatoms. The first-order valence-corrected chi connectivity index (χ1v) is 11.9. The van der Waals surface area contributed by atoms with Gasteiger partial charge in [-0.1, -0.05) is 0 Å². The molecule has 0 spiro atoms. The van der Waals surface area contributed by atoms with Crippen LogP contribution in [0, 0.1) is 11.8 Å². The van der Waals surface area contributed by atoms with Gasteiger partial charge in [0.05, 0.1) is 11.6 Å². The largest absolute Gasteiger partial charge is 0.357 e. The molecule has 0 aliphatic carbocycles. The molecule has 5 heterocycles. The van der Waals surface area contributed by atoms with Gasteiger partial charge < -0.3 is 10.2 Å². The minimum atomic E-state index is -2.62. The topological polar surface area (TPSA) is 92.2 Å². The van der Waals surface area contributed by atoms with Gasteiger partial charge in [-0.15, -0.1) is 0 Å². The van der Waals surface area contributed by atoms with E-state index in [1.54, 1.807) is 11.7 Å². The fourth-order valence-corrected chi connectivity index (χ4v) is 5.57. The van der Waals surface area contributed by atoms with E-state index < -0.39 is 23.7 Å². The number of alkyl halides is 2. The Morgan fingerprint density at radius 3 is 2.42 bits per heavy atom. The van der Waals surface area contributed by atoms with Crippen LogP contribution in [0.1, 0.15) is 50.1 Å². The van der Waals surface area contributed by atoms with Crippen molar-refractivity contribution in [1.29, 1.82) is 0 Å². The van der Waals surface area contributed by atoms with Crippen LogP contribution in [-0.4, -0.2) is 58.7 Å². The van der Waals surface area contributed by atoms with Gasteiger partial charge in [-0.25, -0.2) is 13.8 Å². The third kappa shape index (κ3) is 4.09. The lowest BCUT2D eigenvalue weighted by atomic mass is 9.79. The quantitative estimate of drug-likeness (QED) is 0.681. The number of amides is 2. The number of carbonyl (C=O) groups is 2. The van der Waals surface area contributed by atoms with E-state index in [9.17, 15) is 9.59 Å². The lowest BCUT2D eigenvalue weighted by Crippen LogP contribution is -2.47. The maximum atomic E-state index is 15.1. The zero-order chi connectivity index (χ0) is 23.2. The number of carbonyl (C=O) groups excluding carboxylic acids is 2. The highest BCUT2D eigenvalue weighted by atomic mass is 19.3. The van der Waals surface area contributed by atoms with E-state index in [4.69, 9.17) is 4.98 Å².